The molecule has 1 fully saturated rings. The molecular formula is C25H25ClFN3O. The summed E-state index contributed by atoms with van der Waals surface area (Å²) in [6, 6.07) is 24.4. The molecular weight excluding hydrogens is 413 g/mol. The second-order valence-corrected chi connectivity index (χ2v) is 8.11. The van der Waals surface area contributed by atoms with Crippen LogP contribution in [0.5, 0.6) is 0 Å². The first-order valence-corrected chi connectivity index (χ1v) is 10.8. The van der Waals surface area contributed by atoms with Gasteiger partial charge in [-0.05, 0) is 41.0 Å². The number of carbonyl (C=O) groups excluding carboxylic acids is 1. The third-order valence-corrected chi connectivity index (χ3v) is 5.88. The molecule has 3 aromatic rings. The normalized spacial score (nSPS) is 15.5. The topological polar surface area (TPSA) is 35.6 Å². The van der Waals surface area contributed by atoms with Crippen LogP contribution in [0.25, 0.3) is 0 Å². The zero-order valence-corrected chi connectivity index (χ0v) is 17.9. The van der Waals surface area contributed by atoms with E-state index in [0.29, 0.717) is 24.7 Å². The van der Waals surface area contributed by atoms with E-state index in [4.69, 9.17) is 11.6 Å². The van der Waals surface area contributed by atoms with Gasteiger partial charge in [0.25, 0.3) is 0 Å². The maximum absolute atomic E-state index is 13.5. The lowest BCUT2D eigenvalue weighted by molar-refractivity contribution is 0.120. The number of rotatable bonds is 5. The summed E-state index contributed by atoms with van der Waals surface area (Å²) < 4.78 is 13.5. The minimum Gasteiger partial charge on any atom is -0.334 e. The van der Waals surface area contributed by atoms with Crippen LogP contribution in [0.1, 0.15) is 22.7 Å². The molecule has 160 valence electrons. The van der Waals surface area contributed by atoms with E-state index in [1.54, 1.807) is 0 Å². The number of hydrogen-bond donors (Lipinski definition) is 1. The molecule has 0 aromatic heterocycles. The van der Waals surface area contributed by atoms with Gasteiger partial charge in [0.2, 0.25) is 0 Å². The van der Waals surface area contributed by atoms with Crippen molar-refractivity contribution in [1.82, 2.24) is 15.1 Å². The molecule has 1 aliphatic rings. The van der Waals surface area contributed by atoms with Crippen molar-refractivity contribution in [2.75, 3.05) is 26.2 Å². The van der Waals surface area contributed by atoms with Crippen LogP contribution in [0.2, 0.25) is 5.02 Å². The molecule has 1 heterocycles. The largest absolute Gasteiger partial charge is 0.334 e. The van der Waals surface area contributed by atoms with Crippen LogP contribution in [0.4, 0.5) is 9.18 Å². The zero-order valence-electron chi connectivity index (χ0n) is 17.2. The molecule has 0 bridgehead atoms. The molecule has 0 radical (unpaired) electrons. The van der Waals surface area contributed by atoms with Crippen LogP contribution in [0.15, 0.2) is 78.9 Å². The van der Waals surface area contributed by atoms with E-state index in [1.165, 1.54) is 12.1 Å². The molecule has 1 saturated heterocycles. The third-order valence-electron chi connectivity index (χ3n) is 5.62. The molecule has 0 aliphatic carbocycles. The van der Waals surface area contributed by atoms with Gasteiger partial charge >= 0.3 is 6.03 Å². The summed E-state index contributed by atoms with van der Waals surface area (Å²) in [7, 11) is 0. The molecule has 1 atom stereocenters. The number of carbonyl (C=O) groups is 1. The van der Waals surface area contributed by atoms with E-state index in [1.807, 2.05) is 59.5 Å². The lowest BCUT2D eigenvalue weighted by atomic mass is 9.96. The van der Waals surface area contributed by atoms with Crippen molar-refractivity contribution in [3.63, 3.8) is 0 Å². The van der Waals surface area contributed by atoms with E-state index < -0.39 is 0 Å². The predicted octanol–water partition coefficient (Wildman–Crippen LogP) is 5.10. The highest BCUT2D eigenvalue weighted by Crippen LogP contribution is 2.29. The average Bonchev–Trinajstić information content (AvgIpc) is 2.81. The standard InChI is InChI=1S/C25H25ClFN3O/c26-22-10-6-19(7-11-22)18-28-25(31)30-16-14-29(15-17-30)24(20-4-2-1-3-5-20)21-8-12-23(27)13-9-21/h1-13,24H,14-18H2,(H,28,31)/t24-/m0/s1. The van der Waals surface area contributed by atoms with Crippen molar-refractivity contribution < 1.29 is 9.18 Å². The number of urea groups is 1. The fraction of sp³-hybridized carbons (Fsp3) is 0.240. The Morgan fingerprint density at radius 2 is 1.48 bits per heavy atom. The monoisotopic (exact) mass is 437 g/mol. The lowest BCUT2D eigenvalue weighted by Crippen LogP contribution is -2.52. The van der Waals surface area contributed by atoms with Crippen molar-refractivity contribution in [2.45, 2.75) is 12.6 Å². The Bertz CT molecular complexity index is 988. The van der Waals surface area contributed by atoms with Crippen LogP contribution in [0.3, 0.4) is 0 Å². The van der Waals surface area contributed by atoms with E-state index in [0.717, 1.165) is 29.8 Å². The van der Waals surface area contributed by atoms with Crippen LogP contribution in [-0.2, 0) is 6.54 Å². The molecule has 0 spiro atoms. The maximum atomic E-state index is 13.5. The first-order chi connectivity index (χ1) is 15.1. The second kappa shape index (κ2) is 9.94. The van der Waals surface area contributed by atoms with Crippen molar-refractivity contribution in [3.05, 3.63) is 106 Å². The molecule has 0 saturated carbocycles. The predicted molar refractivity (Wildman–Crippen MR) is 122 cm³/mol. The minimum atomic E-state index is -0.238. The number of hydrogen-bond acceptors (Lipinski definition) is 2. The Hall–Kier alpha value is -2.89. The van der Waals surface area contributed by atoms with Crippen molar-refractivity contribution in [1.29, 1.82) is 0 Å². The molecule has 1 N–H and O–H groups in total. The van der Waals surface area contributed by atoms with Gasteiger partial charge in [-0.15, -0.1) is 0 Å². The Morgan fingerprint density at radius 3 is 2.13 bits per heavy atom. The highest BCUT2D eigenvalue weighted by molar-refractivity contribution is 6.30. The summed E-state index contributed by atoms with van der Waals surface area (Å²) in [5.74, 6) is -0.238. The molecule has 0 unspecified atom stereocenters. The fourth-order valence-corrected chi connectivity index (χ4v) is 4.10. The maximum Gasteiger partial charge on any atom is 0.317 e. The number of benzene rings is 3. The van der Waals surface area contributed by atoms with Crippen molar-refractivity contribution >= 4 is 17.6 Å². The van der Waals surface area contributed by atoms with Gasteiger partial charge in [-0.1, -0.05) is 66.2 Å². The Morgan fingerprint density at radius 1 is 0.871 bits per heavy atom. The Labute approximate surface area is 187 Å². The van der Waals surface area contributed by atoms with Crippen LogP contribution in [0, 0.1) is 5.82 Å². The first kappa shape index (κ1) is 21.3. The quantitative estimate of drug-likeness (QED) is 0.603. The van der Waals surface area contributed by atoms with Gasteiger partial charge in [-0.25, -0.2) is 9.18 Å². The van der Waals surface area contributed by atoms with Gasteiger partial charge in [0.15, 0.2) is 0 Å². The van der Waals surface area contributed by atoms with Crippen molar-refractivity contribution in [3.8, 4) is 0 Å². The summed E-state index contributed by atoms with van der Waals surface area (Å²) in [5, 5.41) is 3.67. The summed E-state index contributed by atoms with van der Waals surface area (Å²) in [6.45, 7) is 3.23. The minimum absolute atomic E-state index is 0.0288. The van der Waals surface area contributed by atoms with Gasteiger partial charge in [0, 0.05) is 37.7 Å². The van der Waals surface area contributed by atoms with E-state index in [-0.39, 0.29) is 17.9 Å². The molecule has 3 aromatic carbocycles. The van der Waals surface area contributed by atoms with Crippen molar-refractivity contribution in [2.24, 2.45) is 0 Å². The molecule has 1 aliphatic heterocycles. The lowest BCUT2D eigenvalue weighted by Gasteiger charge is -2.39. The molecule has 4 nitrogen and oxygen atoms in total. The van der Waals surface area contributed by atoms with Crippen LogP contribution < -0.4 is 5.32 Å². The Balaban J connectivity index is 1.40. The average molecular weight is 438 g/mol. The number of nitrogens with zero attached hydrogens (tertiary/aromatic N) is 2. The second-order valence-electron chi connectivity index (χ2n) is 7.67. The highest BCUT2D eigenvalue weighted by atomic mass is 35.5. The van der Waals surface area contributed by atoms with Gasteiger partial charge in [0.05, 0.1) is 6.04 Å². The van der Waals surface area contributed by atoms with Gasteiger partial charge in [-0.2, -0.15) is 0 Å². The molecule has 31 heavy (non-hydrogen) atoms. The first-order valence-electron chi connectivity index (χ1n) is 10.4. The van der Waals surface area contributed by atoms with Crippen LogP contribution in [-0.4, -0.2) is 42.0 Å². The van der Waals surface area contributed by atoms with Gasteiger partial charge in [-0.3, -0.25) is 4.90 Å². The van der Waals surface area contributed by atoms with E-state index >= 15 is 0 Å². The van der Waals surface area contributed by atoms with Crippen LogP contribution >= 0.6 is 11.6 Å². The van der Waals surface area contributed by atoms with E-state index in [2.05, 4.69) is 22.3 Å². The third kappa shape index (κ3) is 5.43. The Kier molecular flexibility index (Phi) is 6.85. The molecule has 2 amide bonds. The number of amides is 2. The number of nitrogens with one attached hydrogen (secondary N) is 1. The molecule has 6 heteroatoms. The van der Waals surface area contributed by atoms with Gasteiger partial charge < -0.3 is 10.2 Å². The highest BCUT2D eigenvalue weighted by Gasteiger charge is 2.28. The smallest absolute Gasteiger partial charge is 0.317 e. The summed E-state index contributed by atoms with van der Waals surface area (Å²) in [5.41, 5.74) is 3.22. The number of piperazine rings is 1. The SMILES string of the molecule is O=C(NCc1ccc(Cl)cc1)N1CCN([C@@H](c2ccccc2)c2ccc(F)cc2)CC1. The van der Waals surface area contributed by atoms with Gasteiger partial charge in [0.1, 0.15) is 5.82 Å². The number of halogens is 2. The fourth-order valence-electron chi connectivity index (χ4n) is 3.97. The molecule has 4 rings (SSSR count). The summed E-state index contributed by atoms with van der Waals surface area (Å²) >= 11 is 5.91. The van der Waals surface area contributed by atoms with E-state index in [9.17, 15) is 9.18 Å². The summed E-state index contributed by atoms with van der Waals surface area (Å²) in [4.78, 5) is 16.8. The zero-order chi connectivity index (χ0) is 21.6. The summed E-state index contributed by atoms with van der Waals surface area (Å²) in [6.07, 6.45) is 0.